The Morgan fingerprint density at radius 3 is 3.05 bits per heavy atom. The van der Waals surface area contributed by atoms with E-state index in [1.165, 1.54) is 30.6 Å². The lowest BCUT2D eigenvalue weighted by molar-refractivity contribution is 0.417. The molecule has 0 bridgehead atoms. The van der Waals surface area contributed by atoms with Gasteiger partial charge in [-0.05, 0) is 48.8 Å². The molecule has 2 heterocycles. The minimum atomic E-state index is 0.0910. The molecule has 2 unspecified atom stereocenters. The summed E-state index contributed by atoms with van der Waals surface area (Å²) in [7, 11) is 0. The maximum atomic E-state index is 12.6. The third kappa shape index (κ3) is 2.41. The molecular formula is C14H18N2OS2. The van der Waals surface area contributed by atoms with Crippen molar-refractivity contribution >= 4 is 33.8 Å². The molecule has 5 heteroatoms. The summed E-state index contributed by atoms with van der Waals surface area (Å²) in [6.07, 6.45) is 5.78. The van der Waals surface area contributed by atoms with E-state index in [-0.39, 0.29) is 11.6 Å². The average molecular weight is 294 g/mol. The van der Waals surface area contributed by atoms with Gasteiger partial charge >= 0.3 is 0 Å². The SMILES string of the molecule is CC1CCCC(n2c(=S)[nH]c3ccsc3c2=O)CC1. The highest BCUT2D eigenvalue weighted by atomic mass is 32.1. The first-order valence-electron chi connectivity index (χ1n) is 6.89. The molecular weight excluding hydrogens is 276 g/mol. The van der Waals surface area contributed by atoms with E-state index in [1.54, 1.807) is 0 Å². The van der Waals surface area contributed by atoms with Crippen LogP contribution in [0.4, 0.5) is 0 Å². The molecule has 2 aromatic heterocycles. The van der Waals surface area contributed by atoms with Gasteiger partial charge in [0.05, 0.1) is 5.52 Å². The van der Waals surface area contributed by atoms with Crippen molar-refractivity contribution < 1.29 is 0 Å². The molecule has 1 aliphatic carbocycles. The Morgan fingerprint density at radius 2 is 2.21 bits per heavy atom. The fourth-order valence-electron chi connectivity index (χ4n) is 3.01. The molecule has 102 valence electrons. The van der Waals surface area contributed by atoms with Crippen LogP contribution in [0.25, 0.3) is 10.2 Å². The van der Waals surface area contributed by atoms with Gasteiger partial charge in [-0.1, -0.05) is 19.8 Å². The molecule has 3 rings (SSSR count). The van der Waals surface area contributed by atoms with Crippen molar-refractivity contribution in [2.75, 3.05) is 0 Å². The van der Waals surface area contributed by atoms with Gasteiger partial charge in [-0.15, -0.1) is 11.3 Å². The van der Waals surface area contributed by atoms with Gasteiger partial charge in [0.15, 0.2) is 4.77 Å². The van der Waals surface area contributed by atoms with E-state index in [1.807, 2.05) is 16.0 Å². The van der Waals surface area contributed by atoms with E-state index in [9.17, 15) is 4.79 Å². The van der Waals surface area contributed by atoms with Gasteiger partial charge in [0, 0.05) is 6.04 Å². The molecule has 1 N–H and O–H groups in total. The summed E-state index contributed by atoms with van der Waals surface area (Å²) >= 11 is 6.90. The van der Waals surface area contributed by atoms with Gasteiger partial charge in [0.1, 0.15) is 4.70 Å². The zero-order valence-electron chi connectivity index (χ0n) is 11.0. The summed E-state index contributed by atoms with van der Waals surface area (Å²) in [5, 5.41) is 1.94. The lowest BCUT2D eigenvalue weighted by Crippen LogP contribution is -2.25. The Labute approximate surface area is 121 Å². The summed E-state index contributed by atoms with van der Waals surface area (Å²) in [4.78, 5) is 15.8. The Hall–Kier alpha value is -0.940. The van der Waals surface area contributed by atoms with E-state index in [4.69, 9.17) is 12.2 Å². The fourth-order valence-corrected chi connectivity index (χ4v) is 4.14. The highest BCUT2D eigenvalue weighted by Gasteiger charge is 2.20. The maximum absolute atomic E-state index is 12.6. The van der Waals surface area contributed by atoms with Crippen molar-refractivity contribution in [1.29, 1.82) is 0 Å². The van der Waals surface area contributed by atoms with Crippen LogP contribution in [-0.4, -0.2) is 9.55 Å². The summed E-state index contributed by atoms with van der Waals surface area (Å²) in [5.74, 6) is 0.767. The molecule has 1 saturated carbocycles. The number of nitrogens with one attached hydrogen (secondary N) is 1. The molecule has 1 fully saturated rings. The second-order valence-corrected chi connectivity index (χ2v) is 6.84. The normalized spacial score (nSPS) is 24.5. The van der Waals surface area contributed by atoms with Crippen LogP contribution in [0.5, 0.6) is 0 Å². The standard InChI is InChI=1S/C14H18N2OS2/c1-9-3-2-4-10(6-5-9)16-13(17)12-11(7-8-19-12)15-14(16)18/h7-10H,2-6H2,1H3,(H,15,18). The maximum Gasteiger partial charge on any atom is 0.272 e. The van der Waals surface area contributed by atoms with Crippen LogP contribution < -0.4 is 5.56 Å². The molecule has 0 saturated heterocycles. The first kappa shape index (κ1) is 13.1. The van der Waals surface area contributed by atoms with Gasteiger partial charge < -0.3 is 4.98 Å². The summed E-state index contributed by atoms with van der Waals surface area (Å²) in [6.45, 7) is 2.30. The van der Waals surface area contributed by atoms with Crippen LogP contribution in [0.2, 0.25) is 0 Å². The fraction of sp³-hybridized carbons (Fsp3) is 0.571. The number of fused-ring (bicyclic) bond motifs is 1. The Morgan fingerprint density at radius 1 is 1.37 bits per heavy atom. The predicted molar refractivity (Wildman–Crippen MR) is 82.6 cm³/mol. The van der Waals surface area contributed by atoms with Crippen LogP contribution in [0.1, 0.15) is 45.1 Å². The monoisotopic (exact) mass is 294 g/mol. The molecule has 0 spiro atoms. The summed E-state index contributed by atoms with van der Waals surface area (Å²) < 4.78 is 3.20. The van der Waals surface area contributed by atoms with Crippen molar-refractivity contribution in [3.05, 3.63) is 26.6 Å². The van der Waals surface area contributed by atoms with Gasteiger partial charge in [-0.2, -0.15) is 0 Å². The third-order valence-electron chi connectivity index (χ3n) is 4.13. The van der Waals surface area contributed by atoms with Gasteiger partial charge in [-0.3, -0.25) is 9.36 Å². The van der Waals surface area contributed by atoms with Crippen LogP contribution in [0.3, 0.4) is 0 Å². The second kappa shape index (κ2) is 5.21. The van der Waals surface area contributed by atoms with Crippen molar-refractivity contribution in [3.63, 3.8) is 0 Å². The number of nitrogens with zero attached hydrogens (tertiary/aromatic N) is 1. The van der Waals surface area contributed by atoms with E-state index in [2.05, 4.69) is 11.9 Å². The Balaban J connectivity index is 2.09. The van der Waals surface area contributed by atoms with Gasteiger partial charge in [0.25, 0.3) is 5.56 Å². The zero-order chi connectivity index (χ0) is 13.4. The number of hydrogen-bond donors (Lipinski definition) is 1. The van der Waals surface area contributed by atoms with Crippen LogP contribution in [0, 0.1) is 10.7 Å². The Kier molecular flexibility index (Phi) is 3.58. The molecule has 0 amide bonds. The van der Waals surface area contributed by atoms with E-state index in [0.717, 1.165) is 29.0 Å². The Bertz CT molecular complexity index is 697. The number of thiophene rings is 1. The lowest BCUT2D eigenvalue weighted by Gasteiger charge is -2.17. The quantitative estimate of drug-likeness (QED) is 0.630. The predicted octanol–water partition coefficient (Wildman–Crippen LogP) is 4.26. The highest BCUT2D eigenvalue weighted by molar-refractivity contribution is 7.71. The molecule has 1 aliphatic rings. The van der Waals surface area contributed by atoms with E-state index >= 15 is 0 Å². The van der Waals surface area contributed by atoms with Crippen LogP contribution >= 0.6 is 23.6 Å². The zero-order valence-corrected chi connectivity index (χ0v) is 12.6. The lowest BCUT2D eigenvalue weighted by atomic mass is 10.0. The first-order valence-corrected chi connectivity index (χ1v) is 8.17. The van der Waals surface area contributed by atoms with E-state index < -0.39 is 0 Å². The van der Waals surface area contributed by atoms with Crippen molar-refractivity contribution in [3.8, 4) is 0 Å². The molecule has 0 aromatic carbocycles. The topological polar surface area (TPSA) is 37.8 Å². The molecule has 2 atom stereocenters. The molecule has 2 aromatic rings. The summed E-state index contributed by atoms with van der Waals surface area (Å²) in [6, 6.07) is 2.20. The van der Waals surface area contributed by atoms with Crippen molar-refractivity contribution in [1.82, 2.24) is 9.55 Å². The number of rotatable bonds is 1. The van der Waals surface area contributed by atoms with Crippen LogP contribution in [0.15, 0.2) is 16.2 Å². The smallest absolute Gasteiger partial charge is 0.272 e. The minimum absolute atomic E-state index is 0.0910. The second-order valence-electron chi connectivity index (χ2n) is 5.54. The van der Waals surface area contributed by atoms with Crippen LogP contribution in [-0.2, 0) is 0 Å². The number of hydrogen-bond acceptors (Lipinski definition) is 3. The molecule has 19 heavy (non-hydrogen) atoms. The van der Waals surface area contributed by atoms with Crippen molar-refractivity contribution in [2.24, 2.45) is 5.92 Å². The van der Waals surface area contributed by atoms with Gasteiger partial charge in [-0.25, -0.2) is 0 Å². The van der Waals surface area contributed by atoms with E-state index in [0.29, 0.717) is 4.77 Å². The van der Waals surface area contributed by atoms with Gasteiger partial charge in [0.2, 0.25) is 0 Å². The number of aromatic nitrogens is 2. The largest absolute Gasteiger partial charge is 0.331 e. The number of aromatic amines is 1. The summed E-state index contributed by atoms with van der Waals surface area (Å²) in [5.41, 5.74) is 0.964. The average Bonchev–Trinajstić information content (AvgIpc) is 2.73. The van der Waals surface area contributed by atoms with Crippen molar-refractivity contribution in [2.45, 2.75) is 45.1 Å². The highest BCUT2D eigenvalue weighted by Crippen LogP contribution is 2.30. The molecule has 3 nitrogen and oxygen atoms in total. The molecule has 0 aliphatic heterocycles. The minimum Gasteiger partial charge on any atom is -0.331 e. The third-order valence-corrected chi connectivity index (χ3v) is 5.33. The first-order chi connectivity index (χ1) is 9.16. The number of H-pyrrole nitrogens is 1. The molecule has 0 radical (unpaired) electrons.